The van der Waals surface area contributed by atoms with E-state index in [9.17, 15) is 4.79 Å². The van der Waals surface area contributed by atoms with E-state index >= 15 is 0 Å². The Morgan fingerprint density at radius 3 is 2.86 bits per heavy atom. The normalized spacial score (nSPS) is 12.8. The predicted molar refractivity (Wildman–Crippen MR) is 94.4 cm³/mol. The van der Waals surface area contributed by atoms with Crippen molar-refractivity contribution in [2.45, 2.75) is 44.9 Å². The number of hydrogen-bond acceptors (Lipinski definition) is 3. The summed E-state index contributed by atoms with van der Waals surface area (Å²) in [5.74, 6) is 0.218. The number of alkyl halides is 1. The molecule has 0 fully saturated rings. The fourth-order valence-electron chi connectivity index (χ4n) is 2.04. The van der Waals surface area contributed by atoms with Crippen molar-refractivity contribution in [3.05, 3.63) is 23.8 Å². The lowest BCUT2D eigenvalue weighted by Gasteiger charge is -2.11. The summed E-state index contributed by atoms with van der Waals surface area (Å²) in [5.41, 5.74) is 2.29. The van der Waals surface area contributed by atoms with Gasteiger partial charge in [-0.3, -0.25) is 4.79 Å². The van der Waals surface area contributed by atoms with Gasteiger partial charge in [0.2, 0.25) is 5.91 Å². The van der Waals surface area contributed by atoms with E-state index in [-0.39, 0.29) is 16.7 Å². The number of carbonyl (C=O) groups excluding carboxylic acids is 1. The van der Waals surface area contributed by atoms with Gasteiger partial charge in [-0.15, -0.1) is 0 Å². The zero-order valence-electron chi connectivity index (χ0n) is 12.6. The summed E-state index contributed by atoms with van der Waals surface area (Å²) < 4.78 is 1.13. The van der Waals surface area contributed by atoms with Gasteiger partial charge in [-0.05, 0) is 36.5 Å². The monoisotopic (exact) mass is 368 g/mol. The molecule has 1 unspecified atom stereocenters. The van der Waals surface area contributed by atoms with E-state index in [1.165, 1.54) is 29.7 Å². The first-order chi connectivity index (χ1) is 10.0. The predicted octanol–water partition coefficient (Wildman–Crippen LogP) is 5.00. The maximum atomic E-state index is 12.0. The number of rotatable bonds is 6. The zero-order chi connectivity index (χ0) is 15.4. The smallest absolute Gasteiger partial charge is 0.240 e. The van der Waals surface area contributed by atoms with Crippen molar-refractivity contribution in [2.24, 2.45) is 5.92 Å². The first-order valence-electron chi connectivity index (χ1n) is 7.35. The second-order valence-electron chi connectivity index (χ2n) is 5.56. The molecule has 114 valence electrons. The van der Waals surface area contributed by atoms with E-state index in [1.807, 2.05) is 19.9 Å². The number of nitrogens with zero attached hydrogens (tertiary/aromatic N) is 1. The lowest BCUT2D eigenvalue weighted by atomic mass is 10.1. The van der Waals surface area contributed by atoms with Crippen LogP contribution in [0.4, 0.5) is 5.13 Å². The molecule has 1 aromatic carbocycles. The number of aryl methyl sites for hydroxylation is 1. The molecule has 0 bridgehead atoms. The van der Waals surface area contributed by atoms with Gasteiger partial charge < -0.3 is 5.32 Å². The molecular formula is C16H21BrN2OS. The molecule has 0 saturated heterocycles. The number of carbonyl (C=O) groups is 1. The number of hydrogen-bond donors (Lipinski definition) is 1. The molecule has 21 heavy (non-hydrogen) atoms. The largest absolute Gasteiger partial charge is 0.301 e. The van der Waals surface area contributed by atoms with E-state index in [4.69, 9.17) is 0 Å². The molecular weight excluding hydrogens is 348 g/mol. The molecule has 1 heterocycles. The Balaban J connectivity index is 2.13. The lowest BCUT2D eigenvalue weighted by molar-refractivity contribution is -0.116. The highest BCUT2D eigenvalue weighted by atomic mass is 79.9. The van der Waals surface area contributed by atoms with Crippen LogP contribution in [0.15, 0.2) is 18.2 Å². The average Bonchev–Trinajstić information content (AvgIpc) is 2.85. The van der Waals surface area contributed by atoms with Gasteiger partial charge in [-0.2, -0.15) is 0 Å². The van der Waals surface area contributed by atoms with Crippen LogP contribution in [-0.2, 0) is 11.2 Å². The molecule has 0 radical (unpaired) electrons. The molecule has 0 aliphatic heterocycles. The second kappa shape index (κ2) is 7.36. The van der Waals surface area contributed by atoms with E-state index < -0.39 is 0 Å². The van der Waals surface area contributed by atoms with Gasteiger partial charge in [0.1, 0.15) is 0 Å². The summed E-state index contributed by atoms with van der Waals surface area (Å²) in [6.45, 7) is 6.22. The summed E-state index contributed by atoms with van der Waals surface area (Å²) >= 11 is 4.95. The second-order valence-corrected chi connectivity index (χ2v) is 7.58. The van der Waals surface area contributed by atoms with Crippen LogP contribution in [0.3, 0.4) is 0 Å². The summed E-state index contributed by atoms with van der Waals surface area (Å²) in [7, 11) is 0. The molecule has 2 aromatic rings. The van der Waals surface area contributed by atoms with Crippen molar-refractivity contribution in [3.63, 3.8) is 0 Å². The topological polar surface area (TPSA) is 42.0 Å². The number of fused-ring (bicyclic) bond motifs is 1. The highest BCUT2D eigenvalue weighted by Crippen LogP contribution is 2.28. The van der Waals surface area contributed by atoms with E-state index in [0.29, 0.717) is 5.13 Å². The quantitative estimate of drug-likeness (QED) is 0.729. The van der Waals surface area contributed by atoms with Crippen molar-refractivity contribution in [2.75, 3.05) is 5.32 Å². The van der Waals surface area contributed by atoms with E-state index in [0.717, 1.165) is 16.6 Å². The SMILES string of the molecule is CCCCc1ccc2nc(NC(=O)C(Br)C(C)C)sc2c1. The van der Waals surface area contributed by atoms with Crippen LogP contribution >= 0.6 is 27.3 Å². The number of nitrogens with one attached hydrogen (secondary N) is 1. The molecule has 0 aliphatic carbocycles. The molecule has 1 atom stereocenters. The van der Waals surface area contributed by atoms with Gasteiger partial charge in [0.05, 0.1) is 15.0 Å². The van der Waals surface area contributed by atoms with E-state index in [1.54, 1.807) is 0 Å². The highest BCUT2D eigenvalue weighted by molar-refractivity contribution is 9.10. The Labute approximate surface area is 138 Å². The number of aromatic nitrogens is 1. The molecule has 1 amide bonds. The average molecular weight is 369 g/mol. The lowest BCUT2D eigenvalue weighted by Crippen LogP contribution is -2.26. The van der Waals surface area contributed by atoms with Gasteiger partial charge in [-0.25, -0.2) is 4.98 Å². The Hall–Kier alpha value is -0.940. The molecule has 3 nitrogen and oxygen atoms in total. The van der Waals surface area contributed by atoms with Gasteiger partial charge in [0.15, 0.2) is 5.13 Å². The van der Waals surface area contributed by atoms with Gasteiger partial charge in [-0.1, -0.05) is 60.5 Å². The Kier molecular flexibility index (Phi) is 5.76. The number of unbranched alkanes of at least 4 members (excludes halogenated alkanes) is 1. The number of anilines is 1. The van der Waals surface area contributed by atoms with Crippen molar-refractivity contribution < 1.29 is 4.79 Å². The maximum absolute atomic E-state index is 12.0. The first kappa shape index (κ1) is 16.4. The van der Waals surface area contributed by atoms with E-state index in [2.05, 4.69) is 45.3 Å². The summed E-state index contributed by atoms with van der Waals surface area (Å²) in [6.07, 6.45) is 3.50. The summed E-state index contributed by atoms with van der Waals surface area (Å²) in [4.78, 5) is 16.3. The third-order valence-corrected chi connectivity index (χ3v) is 5.74. The fourth-order valence-corrected chi connectivity index (χ4v) is 3.08. The molecule has 0 aliphatic rings. The zero-order valence-corrected chi connectivity index (χ0v) is 15.1. The standard InChI is InChI=1S/C16H21BrN2OS/c1-4-5-6-11-7-8-12-13(9-11)21-16(18-12)19-15(20)14(17)10(2)3/h7-10,14H,4-6H2,1-3H3,(H,18,19,20). The minimum absolute atomic E-state index is 0.0322. The Bertz CT molecular complexity index is 624. The third kappa shape index (κ3) is 4.27. The van der Waals surface area contributed by atoms with Crippen LogP contribution in [0.1, 0.15) is 39.2 Å². The van der Waals surface area contributed by atoms with Crippen LogP contribution in [0, 0.1) is 5.92 Å². The van der Waals surface area contributed by atoms with Gasteiger partial charge in [0.25, 0.3) is 0 Å². The Morgan fingerprint density at radius 2 is 2.19 bits per heavy atom. The molecule has 2 rings (SSSR count). The number of thiazole rings is 1. The van der Waals surface area contributed by atoms with Crippen LogP contribution in [0.25, 0.3) is 10.2 Å². The minimum Gasteiger partial charge on any atom is -0.301 e. The minimum atomic E-state index is -0.190. The number of amides is 1. The number of benzene rings is 1. The summed E-state index contributed by atoms with van der Waals surface area (Å²) in [5, 5.41) is 3.57. The molecule has 5 heteroatoms. The van der Waals surface area contributed by atoms with Crippen molar-refractivity contribution in [1.82, 2.24) is 4.98 Å². The summed E-state index contributed by atoms with van der Waals surface area (Å²) in [6, 6.07) is 6.36. The van der Waals surface area contributed by atoms with Crippen LogP contribution < -0.4 is 5.32 Å². The van der Waals surface area contributed by atoms with Gasteiger partial charge in [0, 0.05) is 0 Å². The van der Waals surface area contributed by atoms with Crippen molar-refractivity contribution >= 4 is 48.5 Å². The molecule has 0 spiro atoms. The van der Waals surface area contributed by atoms with Crippen LogP contribution in [-0.4, -0.2) is 15.7 Å². The molecule has 0 saturated carbocycles. The fraction of sp³-hybridized carbons (Fsp3) is 0.500. The maximum Gasteiger partial charge on any atom is 0.240 e. The van der Waals surface area contributed by atoms with Crippen molar-refractivity contribution in [1.29, 1.82) is 0 Å². The third-order valence-electron chi connectivity index (χ3n) is 3.34. The van der Waals surface area contributed by atoms with Gasteiger partial charge >= 0.3 is 0 Å². The first-order valence-corrected chi connectivity index (χ1v) is 9.09. The molecule has 1 N–H and O–H groups in total. The highest BCUT2D eigenvalue weighted by Gasteiger charge is 2.19. The van der Waals surface area contributed by atoms with Crippen LogP contribution in [0.5, 0.6) is 0 Å². The number of halogens is 1. The van der Waals surface area contributed by atoms with Crippen LogP contribution in [0.2, 0.25) is 0 Å². The molecule has 1 aromatic heterocycles. The van der Waals surface area contributed by atoms with Crippen molar-refractivity contribution in [3.8, 4) is 0 Å². The Morgan fingerprint density at radius 1 is 1.43 bits per heavy atom.